The van der Waals surface area contributed by atoms with Gasteiger partial charge in [-0.2, -0.15) is 0 Å². The van der Waals surface area contributed by atoms with E-state index in [-0.39, 0.29) is 18.6 Å². The van der Waals surface area contributed by atoms with E-state index < -0.39 is 0 Å². The van der Waals surface area contributed by atoms with Crippen LogP contribution in [0.3, 0.4) is 0 Å². The highest BCUT2D eigenvalue weighted by Crippen LogP contribution is 2.11. The molecule has 18 heavy (non-hydrogen) atoms. The highest BCUT2D eigenvalue weighted by atomic mass is 16.5. The zero-order chi connectivity index (χ0) is 13.5. The smallest absolute Gasteiger partial charge is 0.257 e. The van der Waals surface area contributed by atoms with Gasteiger partial charge in [-0.1, -0.05) is 0 Å². The maximum atomic E-state index is 12.2. The van der Waals surface area contributed by atoms with Crippen LogP contribution >= 0.6 is 0 Å². The van der Waals surface area contributed by atoms with Crippen molar-refractivity contribution in [3.8, 4) is 0 Å². The molecule has 0 unspecified atom stereocenters. The quantitative estimate of drug-likeness (QED) is 0.749. The van der Waals surface area contributed by atoms with Crippen LogP contribution in [0, 0.1) is 6.92 Å². The number of hydrogen-bond acceptors (Lipinski definition) is 4. The second-order valence-corrected chi connectivity index (χ2v) is 4.37. The summed E-state index contributed by atoms with van der Waals surface area (Å²) in [5.41, 5.74) is 0.559. The fourth-order valence-corrected chi connectivity index (χ4v) is 1.65. The lowest BCUT2D eigenvalue weighted by Gasteiger charge is -2.26. The molecule has 0 saturated heterocycles. The number of furan rings is 1. The van der Waals surface area contributed by atoms with Crippen molar-refractivity contribution >= 4 is 5.91 Å². The van der Waals surface area contributed by atoms with E-state index in [1.165, 1.54) is 6.26 Å². The van der Waals surface area contributed by atoms with Crippen LogP contribution in [0.4, 0.5) is 0 Å². The Morgan fingerprint density at radius 3 is 2.72 bits per heavy atom. The van der Waals surface area contributed by atoms with Gasteiger partial charge in [0.05, 0.1) is 25.4 Å². The normalized spacial score (nSPS) is 10.9. The van der Waals surface area contributed by atoms with E-state index in [1.54, 1.807) is 17.9 Å². The van der Waals surface area contributed by atoms with Gasteiger partial charge in [0.1, 0.15) is 12.0 Å². The van der Waals surface area contributed by atoms with Gasteiger partial charge in [-0.15, -0.1) is 0 Å². The molecule has 0 aromatic carbocycles. The molecule has 1 amide bonds. The molecule has 0 atom stereocenters. The molecule has 0 aliphatic heterocycles. The van der Waals surface area contributed by atoms with Crippen molar-refractivity contribution in [2.75, 3.05) is 26.4 Å². The highest BCUT2D eigenvalue weighted by molar-refractivity contribution is 5.94. The first-order valence-electron chi connectivity index (χ1n) is 6.11. The minimum absolute atomic E-state index is 0.00342. The zero-order valence-electron chi connectivity index (χ0n) is 11.2. The Kier molecular flexibility index (Phi) is 5.88. The molecule has 0 spiro atoms. The molecular formula is C13H21NO4. The monoisotopic (exact) mass is 255 g/mol. The van der Waals surface area contributed by atoms with Crippen LogP contribution in [0.1, 0.15) is 30.0 Å². The summed E-state index contributed by atoms with van der Waals surface area (Å²) in [6.07, 6.45) is 1.47. The molecule has 0 fully saturated rings. The number of aliphatic hydroxyl groups excluding tert-OH is 1. The van der Waals surface area contributed by atoms with Crippen molar-refractivity contribution in [2.45, 2.75) is 26.8 Å². The average molecular weight is 255 g/mol. The van der Waals surface area contributed by atoms with Crippen LogP contribution in [0.15, 0.2) is 16.7 Å². The molecule has 1 aromatic heterocycles. The molecule has 1 N–H and O–H groups in total. The second kappa shape index (κ2) is 7.18. The van der Waals surface area contributed by atoms with E-state index in [1.807, 2.05) is 13.8 Å². The summed E-state index contributed by atoms with van der Waals surface area (Å²) >= 11 is 0. The van der Waals surface area contributed by atoms with E-state index >= 15 is 0 Å². The summed E-state index contributed by atoms with van der Waals surface area (Å²) in [6, 6.07) is 1.82. The van der Waals surface area contributed by atoms with Crippen LogP contribution in [0.2, 0.25) is 0 Å². The van der Waals surface area contributed by atoms with Crippen LogP contribution in [-0.2, 0) is 4.74 Å². The highest BCUT2D eigenvalue weighted by Gasteiger charge is 2.19. The SMILES string of the molecule is Cc1cc(C(=O)N(CCOCCO)C(C)C)co1. The third-order valence-electron chi connectivity index (χ3n) is 2.57. The lowest BCUT2D eigenvalue weighted by Crippen LogP contribution is -2.39. The zero-order valence-corrected chi connectivity index (χ0v) is 11.2. The summed E-state index contributed by atoms with van der Waals surface area (Å²) in [6.45, 7) is 6.93. The molecule has 0 saturated carbocycles. The number of amides is 1. The number of carbonyl (C=O) groups is 1. The van der Waals surface area contributed by atoms with Crippen molar-refractivity contribution in [1.29, 1.82) is 0 Å². The summed E-state index contributed by atoms with van der Waals surface area (Å²) in [5, 5.41) is 8.61. The molecule has 0 bridgehead atoms. The first kappa shape index (κ1) is 14.7. The number of ether oxygens (including phenoxy) is 1. The van der Waals surface area contributed by atoms with Gasteiger partial charge in [0, 0.05) is 12.6 Å². The van der Waals surface area contributed by atoms with E-state index in [0.29, 0.717) is 25.3 Å². The fraction of sp³-hybridized carbons (Fsp3) is 0.615. The van der Waals surface area contributed by atoms with Crippen molar-refractivity contribution < 1.29 is 19.1 Å². The Balaban J connectivity index is 2.58. The standard InChI is InChI=1S/C13H21NO4/c1-10(2)14(4-6-17-7-5-15)13(16)12-8-11(3)18-9-12/h8-10,15H,4-7H2,1-3H3. The third-order valence-corrected chi connectivity index (χ3v) is 2.57. The first-order valence-corrected chi connectivity index (χ1v) is 6.11. The number of aryl methyl sites for hydroxylation is 1. The van der Waals surface area contributed by atoms with Crippen LogP contribution < -0.4 is 0 Å². The maximum Gasteiger partial charge on any atom is 0.257 e. The van der Waals surface area contributed by atoms with Crippen LogP contribution in [0.25, 0.3) is 0 Å². The Morgan fingerprint density at radius 2 is 2.22 bits per heavy atom. The van der Waals surface area contributed by atoms with Crippen molar-refractivity contribution in [1.82, 2.24) is 4.90 Å². The summed E-state index contributed by atoms with van der Waals surface area (Å²) in [4.78, 5) is 13.9. The molecular weight excluding hydrogens is 234 g/mol. The Labute approximate surface area is 107 Å². The summed E-state index contributed by atoms with van der Waals surface area (Å²) in [5.74, 6) is 0.660. The molecule has 0 aliphatic rings. The number of rotatable bonds is 7. The minimum atomic E-state index is -0.0607. The van der Waals surface area contributed by atoms with Gasteiger partial charge in [-0.25, -0.2) is 0 Å². The van der Waals surface area contributed by atoms with Crippen molar-refractivity contribution in [3.63, 3.8) is 0 Å². The predicted octanol–water partition coefficient (Wildman–Crippen LogP) is 1.45. The number of nitrogens with zero attached hydrogens (tertiary/aromatic N) is 1. The van der Waals surface area contributed by atoms with Gasteiger partial charge < -0.3 is 19.2 Å². The lowest BCUT2D eigenvalue weighted by molar-refractivity contribution is 0.0506. The predicted molar refractivity (Wildman–Crippen MR) is 67.5 cm³/mol. The third kappa shape index (κ3) is 4.16. The molecule has 1 heterocycles. The van der Waals surface area contributed by atoms with Gasteiger partial charge in [0.15, 0.2) is 0 Å². The van der Waals surface area contributed by atoms with E-state index in [2.05, 4.69) is 0 Å². The largest absolute Gasteiger partial charge is 0.469 e. The number of hydrogen-bond donors (Lipinski definition) is 1. The average Bonchev–Trinajstić information content (AvgIpc) is 2.75. The van der Waals surface area contributed by atoms with Gasteiger partial charge in [-0.05, 0) is 26.8 Å². The minimum Gasteiger partial charge on any atom is -0.469 e. The van der Waals surface area contributed by atoms with Crippen LogP contribution in [-0.4, -0.2) is 48.3 Å². The topological polar surface area (TPSA) is 62.9 Å². The maximum absolute atomic E-state index is 12.2. The molecule has 5 heteroatoms. The van der Waals surface area contributed by atoms with E-state index in [0.717, 1.165) is 5.76 Å². The molecule has 1 aromatic rings. The fourth-order valence-electron chi connectivity index (χ4n) is 1.65. The van der Waals surface area contributed by atoms with Gasteiger partial charge in [0.25, 0.3) is 5.91 Å². The van der Waals surface area contributed by atoms with E-state index in [4.69, 9.17) is 14.3 Å². The first-order chi connectivity index (χ1) is 8.56. The number of carbonyl (C=O) groups excluding carboxylic acids is 1. The molecule has 1 rings (SSSR count). The van der Waals surface area contributed by atoms with Crippen molar-refractivity contribution in [3.05, 3.63) is 23.7 Å². The second-order valence-electron chi connectivity index (χ2n) is 4.37. The number of aliphatic hydroxyl groups is 1. The molecule has 102 valence electrons. The van der Waals surface area contributed by atoms with Crippen molar-refractivity contribution in [2.24, 2.45) is 0 Å². The van der Waals surface area contributed by atoms with Gasteiger partial charge in [0.2, 0.25) is 0 Å². The summed E-state index contributed by atoms with van der Waals surface area (Å²) in [7, 11) is 0. The lowest BCUT2D eigenvalue weighted by atomic mass is 10.2. The molecule has 0 radical (unpaired) electrons. The molecule has 0 aliphatic carbocycles. The summed E-state index contributed by atoms with van der Waals surface area (Å²) < 4.78 is 10.3. The van der Waals surface area contributed by atoms with E-state index in [9.17, 15) is 4.79 Å². The van der Waals surface area contributed by atoms with Gasteiger partial charge in [-0.3, -0.25) is 4.79 Å². The van der Waals surface area contributed by atoms with Gasteiger partial charge >= 0.3 is 0 Å². The Hall–Kier alpha value is -1.33. The van der Waals surface area contributed by atoms with Crippen LogP contribution in [0.5, 0.6) is 0 Å². The Bertz CT molecular complexity index is 373. The molecule has 5 nitrogen and oxygen atoms in total. The Morgan fingerprint density at radius 1 is 1.50 bits per heavy atom.